The molecule has 1 aromatic rings. The van der Waals surface area contributed by atoms with E-state index in [1.807, 2.05) is 17.8 Å². The lowest BCUT2D eigenvalue weighted by molar-refractivity contribution is 0.831. The second kappa shape index (κ2) is 6.64. The molecular formula is C11H15Cl2NS. The Hall–Kier alpha value is 0.110. The van der Waals surface area contributed by atoms with Gasteiger partial charge in [-0.2, -0.15) is 11.8 Å². The Labute approximate surface area is 105 Å². The van der Waals surface area contributed by atoms with Crippen molar-refractivity contribution >= 4 is 35.0 Å². The number of nitrogens with two attached hydrogens (primary N) is 1. The van der Waals surface area contributed by atoms with Crippen LogP contribution in [0.4, 0.5) is 0 Å². The Kier molecular flexibility index (Phi) is 5.83. The van der Waals surface area contributed by atoms with Crippen molar-refractivity contribution in [1.82, 2.24) is 0 Å². The maximum atomic E-state index is 6.06. The minimum Gasteiger partial charge on any atom is -0.323 e. The third-order valence-corrected chi connectivity index (χ3v) is 3.87. The van der Waals surface area contributed by atoms with Gasteiger partial charge in [-0.3, -0.25) is 0 Å². The van der Waals surface area contributed by atoms with Crippen LogP contribution in [0.3, 0.4) is 0 Å². The van der Waals surface area contributed by atoms with Crippen LogP contribution in [-0.4, -0.2) is 11.5 Å². The number of thioether (sulfide) groups is 1. The van der Waals surface area contributed by atoms with E-state index in [0.29, 0.717) is 10.0 Å². The van der Waals surface area contributed by atoms with E-state index in [0.717, 1.165) is 17.1 Å². The highest BCUT2D eigenvalue weighted by molar-refractivity contribution is 7.99. The fourth-order valence-corrected chi connectivity index (χ4v) is 2.57. The van der Waals surface area contributed by atoms with Crippen LogP contribution < -0.4 is 5.73 Å². The minimum atomic E-state index is -0.0345. The Bertz CT molecular complexity index is 317. The van der Waals surface area contributed by atoms with Gasteiger partial charge >= 0.3 is 0 Å². The first-order valence-electron chi connectivity index (χ1n) is 4.93. The molecule has 2 N–H and O–H groups in total. The van der Waals surface area contributed by atoms with Crippen molar-refractivity contribution < 1.29 is 0 Å². The summed E-state index contributed by atoms with van der Waals surface area (Å²) in [4.78, 5) is 0. The predicted octanol–water partition coefficient (Wildman–Crippen LogP) is 4.14. The van der Waals surface area contributed by atoms with Crippen LogP contribution in [0.1, 0.15) is 24.9 Å². The molecule has 0 bridgehead atoms. The highest BCUT2D eigenvalue weighted by Crippen LogP contribution is 2.27. The molecule has 1 nitrogen and oxygen atoms in total. The van der Waals surface area contributed by atoms with Gasteiger partial charge in [-0.05, 0) is 35.9 Å². The van der Waals surface area contributed by atoms with Crippen LogP contribution in [-0.2, 0) is 0 Å². The summed E-state index contributed by atoms with van der Waals surface area (Å²) in [5, 5.41) is 1.38. The van der Waals surface area contributed by atoms with Crippen molar-refractivity contribution in [3.05, 3.63) is 33.8 Å². The van der Waals surface area contributed by atoms with E-state index >= 15 is 0 Å². The maximum absolute atomic E-state index is 6.06. The fourth-order valence-electron chi connectivity index (χ4n) is 1.24. The molecule has 0 saturated carbocycles. The molecule has 0 amide bonds. The standard InChI is InChI=1S/C11H15Cl2NS/c1-2-5-15-7-11(14)9-6-8(12)3-4-10(9)13/h3-4,6,11H,2,5,7,14H2,1H3. The van der Waals surface area contributed by atoms with E-state index in [1.54, 1.807) is 12.1 Å². The fraction of sp³-hybridized carbons (Fsp3) is 0.455. The molecule has 1 rings (SSSR count). The summed E-state index contributed by atoms with van der Waals surface area (Å²) in [5.41, 5.74) is 6.98. The van der Waals surface area contributed by atoms with Gasteiger partial charge < -0.3 is 5.73 Å². The van der Waals surface area contributed by atoms with Crippen LogP contribution in [0.25, 0.3) is 0 Å². The molecular weight excluding hydrogens is 249 g/mol. The van der Waals surface area contributed by atoms with Crippen molar-refractivity contribution in [3.63, 3.8) is 0 Å². The second-order valence-electron chi connectivity index (χ2n) is 3.35. The van der Waals surface area contributed by atoms with Gasteiger partial charge in [0.2, 0.25) is 0 Å². The summed E-state index contributed by atoms with van der Waals surface area (Å²) >= 11 is 13.8. The smallest absolute Gasteiger partial charge is 0.0455 e. The van der Waals surface area contributed by atoms with Gasteiger partial charge in [0.1, 0.15) is 0 Å². The van der Waals surface area contributed by atoms with Gasteiger partial charge in [-0.25, -0.2) is 0 Å². The maximum Gasteiger partial charge on any atom is 0.0455 e. The Morgan fingerprint density at radius 2 is 2.13 bits per heavy atom. The third kappa shape index (κ3) is 4.23. The lowest BCUT2D eigenvalue weighted by atomic mass is 10.1. The first-order chi connectivity index (χ1) is 7.15. The first kappa shape index (κ1) is 13.2. The molecule has 0 aliphatic heterocycles. The summed E-state index contributed by atoms with van der Waals surface area (Å²) in [6.45, 7) is 2.16. The first-order valence-corrected chi connectivity index (χ1v) is 6.84. The van der Waals surface area contributed by atoms with Crippen molar-refractivity contribution in [3.8, 4) is 0 Å². The summed E-state index contributed by atoms with van der Waals surface area (Å²) in [5.74, 6) is 2.01. The summed E-state index contributed by atoms with van der Waals surface area (Å²) in [6.07, 6.45) is 1.17. The summed E-state index contributed by atoms with van der Waals surface area (Å²) < 4.78 is 0. The number of halogens is 2. The van der Waals surface area contributed by atoms with Crippen molar-refractivity contribution in [2.45, 2.75) is 19.4 Å². The lowest BCUT2D eigenvalue weighted by Gasteiger charge is -2.13. The summed E-state index contributed by atoms with van der Waals surface area (Å²) in [6, 6.07) is 5.39. The molecule has 0 spiro atoms. The molecule has 0 saturated heterocycles. The second-order valence-corrected chi connectivity index (χ2v) is 5.34. The topological polar surface area (TPSA) is 26.0 Å². The molecule has 0 heterocycles. The molecule has 0 fully saturated rings. The van der Waals surface area contributed by atoms with Gasteiger partial charge in [0.15, 0.2) is 0 Å². The molecule has 1 atom stereocenters. The highest BCUT2D eigenvalue weighted by atomic mass is 35.5. The van der Waals surface area contributed by atoms with Crippen molar-refractivity contribution in [1.29, 1.82) is 0 Å². The minimum absolute atomic E-state index is 0.0345. The van der Waals surface area contributed by atoms with E-state index in [1.165, 1.54) is 6.42 Å². The lowest BCUT2D eigenvalue weighted by Crippen LogP contribution is -2.13. The zero-order valence-corrected chi connectivity index (χ0v) is 11.0. The molecule has 1 aromatic carbocycles. The van der Waals surface area contributed by atoms with Gasteiger partial charge in [0, 0.05) is 21.8 Å². The number of rotatable bonds is 5. The van der Waals surface area contributed by atoms with Crippen LogP contribution in [0.2, 0.25) is 10.0 Å². The predicted molar refractivity (Wildman–Crippen MR) is 71.0 cm³/mol. The average Bonchev–Trinajstić information content (AvgIpc) is 2.22. The molecule has 0 radical (unpaired) electrons. The average molecular weight is 264 g/mol. The van der Waals surface area contributed by atoms with Crippen molar-refractivity contribution in [2.24, 2.45) is 5.73 Å². The zero-order chi connectivity index (χ0) is 11.3. The Morgan fingerprint density at radius 1 is 1.40 bits per heavy atom. The molecule has 15 heavy (non-hydrogen) atoms. The highest BCUT2D eigenvalue weighted by Gasteiger charge is 2.10. The van der Waals surface area contributed by atoms with Crippen LogP contribution >= 0.6 is 35.0 Å². The van der Waals surface area contributed by atoms with Crippen LogP contribution in [0.15, 0.2) is 18.2 Å². The van der Waals surface area contributed by atoms with Gasteiger partial charge in [-0.1, -0.05) is 30.1 Å². The van der Waals surface area contributed by atoms with Crippen molar-refractivity contribution in [2.75, 3.05) is 11.5 Å². The van der Waals surface area contributed by atoms with E-state index in [9.17, 15) is 0 Å². The van der Waals surface area contributed by atoms with Crippen LogP contribution in [0, 0.1) is 0 Å². The monoisotopic (exact) mass is 263 g/mol. The van der Waals surface area contributed by atoms with Gasteiger partial charge in [0.05, 0.1) is 0 Å². The SMILES string of the molecule is CCCSCC(N)c1cc(Cl)ccc1Cl. The van der Waals surface area contributed by atoms with Gasteiger partial charge in [0.25, 0.3) is 0 Å². The molecule has 0 aromatic heterocycles. The Morgan fingerprint density at radius 3 is 2.80 bits per heavy atom. The number of benzene rings is 1. The van der Waals surface area contributed by atoms with E-state index in [2.05, 4.69) is 6.92 Å². The van der Waals surface area contributed by atoms with E-state index in [-0.39, 0.29) is 6.04 Å². The molecule has 0 aliphatic carbocycles. The molecule has 4 heteroatoms. The molecule has 0 aliphatic rings. The third-order valence-electron chi connectivity index (χ3n) is 2.00. The largest absolute Gasteiger partial charge is 0.323 e. The molecule has 1 unspecified atom stereocenters. The zero-order valence-electron chi connectivity index (χ0n) is 8.67. The molecule has 84 valence electrons. The van der Waals surface area contributed by atoms with Crippen LogP contribution in [0.5, 0.6) is 0 Å². The number of hydrogen-bond donors (Lipinski definition) is 1. The Balaban J connectivity index is 2.64. The van der Waals surface area contributed by atoms with E-state index in [4.69, 9.17) is 28.9 Å². The van der Waals surface area contributed by atoms with E-state index < -0.39 is 0 Å². The normalized spacial score (nSPS) is 12.8. The van der Waals surface area contributed by atoms with Gasteiger partial charge in [-0.15, -0.1) is 0 Å². The number of hydrogen-bond acceptors (Lipinski definition) is 2. The summed E-state index contributed by atoms with van der Waals surface area (Å²) in [7, 11) is 0. The quantitative estimate of drug-likeness (QED) is 0.809.